The van der Waals surface area contributed by atoms with Crippen molar-refractivity contribution in [2.45, 2.75) is 25.7 Å². The summed E-state index contributed by atoms with van der Waals surface area (Å²) in [5.41, 5.74) is 7.20. The second kappa shape index (κ2) is 4.13. The van der Waals surface area contributed by atoms with Gasteiger partial charge in [-0.25, -0.2) is 0 Å². The number of carbonyl (C=O) groups excluding carboxylic acids is 1. The molecule has 0 spiro atoms. The first-order chi connectivity index (χ1) is 8.15. The van der Waals surface area contributed by atoms with E-state index < -0.39 is 0 Å². The van der Waals surface area contributed by atoms with Crippen LogP contribution in [-0.4, -0.2) is 5.78 Å². The number of nitrogens with two attached hydrogens (primary N) is 1. The Balaban J connectivity index is 1.87. The third-order valence-electron chi connectivity index (χ3n) is 4.33. The molecule has 2 bridgehead atoms. The molecule has 3 rings (SSSR count). The number of anilines is 1. The summed E-state index contributed by atoms with van der Waals surface area (Å²) >= 11 is 3.45. The van der Waals surface area contributed by atoms with Gasteiger partial charge in [0.2, 0.25) is 0 Å². The molecule has 2 saturated carbocycles. The SMILES string of the molecule is Nc1ccc(C(=O)C2CC3CCC2C3)c(Br)c1. The number of fused-ring (bicyclic) bond motifs is 2. The lowest BCUT2D eigenvalue weighted by atomic mass is 9.83. The predicted molar refractivity (Wildman–Crippen MR) is 71.8 cm³/mol. The summed E-state index contributed by atoms with van der Waals surface area (Å²) in [4.78, 5) is 12.5. The Morgan fingerprint density at radius 1 is 1.29 bits per heavy atom. The van der Waals surface area contributed by atoms with E-state index >= 15 is 0 Å². The van der Waals surface area contributed by atoms with Gasteiger partial charge in [-0.3, -0.25) is 4.79 Å². The zero-order chi connectivity index (χ0) is 12.0. The van der Waals surface area contributed by atoms with Crippen LogP contribution in [0.1, 0.15) is 36.0 Å². The fraction of sp³-hybridized carbons (Fsp3) is 0.500. The minimum absolute atomic E-state index is 0.258. The summed E-state index contributed by atoms with van der Waals surface area (Å²) in [6.45, 7) is 0. The van der Waals surface area contributed by atoms with Gasteiger partial charge in [0.05, 0.1) is 0 Å². The minimum atomic E-state index is 0.258. The van der Waals surface area contributed by atoms with Crippen LogP contribution >= 0.6 is 15.9 Å². The van der Waals surface area contributed by atoms with Crippen molar-refractivity contribution >= 4 is 27.4 Å². The van der Waals surface area contributed by atoms with E-state index in [0.29, 0.717) is 17.4 Å². The van der Waals surface area contributed by atoms with E-state index in [9.17, 15) is 4.79 Å². The normalized spacial score (nSPS) is 30.8. The van der Waals surface area contributed by atoms with Gasteiger partial charge in [0.1, 0.15) is 0 Å². The topological polar surface area (TPSA) is 43.1 Å². The lowest BCUT2D eigenvalue weighted by Crippen LogP contribution is -2.21. The first-order valence-corrected chi connectivity index (χ1v) is 7.03. The maximum absolute atomic E-state index is 12.5. The highest BCUT2D eigenvalue weighted by molar-refractivity contribution is 9.10. The van der Waals surface area contributed by atoms with Crippen LogP contribution in [0.3, 0.4) is 0 Å². The van der Waals surface area contributed by atoms with Gasteiger partial charge in [-0.1, -0.05) is 6.42 Å². The van der Waals surface area contributed by atoms with Crippen LogP contribution in [0.2, 0.25) is 0 Å². The fourth-order valence-electron chi connectivity index (χ4n) is 3.50. The highest BCUT2D eigenvalue weighted by Crippen LogP contribution is 2.49. The van der Waals surface area contributed by atoms with Crippen molar-refractivity contribution in [2.24, 2.45) is 17.8 Å². The Bertz CT molecular complexity index is 471. The summed E-state index contributed by atoms with van der Waals surface area (Å²) < 4.78 is 0.838. The monoisotopic (exact) mass is 293 g/mol. The van der Waals surface area contributed by atoms with E-state index in [1.54, 1.807) is 0 Å². The predicted octanol–water partition coefficient (Wildman–Crippen LogP) is 3.65. The molecule has 0 saturated heterocycles. The highest BCUT2D eigenvalue weighted by Gasteiger charge is 2.43. The zero-order valence-corrected chi connectivity index (χ0v) is 11.2. The molecule has 3 unspecified atom stereocenters. The molecule has 2 aliphatic carbocycles. The molecule has 1 aromatic carbocycles. The van der Waals surface area contributed by atoms with Gasteiger partial charge in [0, 0.05) is 21.6 Å². The number of nitrogen functional groups attached to an aromatic ring is 1. The number of ketones is 1. The number of rotatable bonds is 2. The van der Waals surface area contributed by atoms with Crippen LogP contribution in [0, 0.1) is 17.8 Å². The minimum Gasteiger partial charge on any atom is -0.399 e. The largest absolute Gasteiger partial charge is 0.399 e. The summed E-state index contributed by atoms with van der Waals surface area (Å²) in [6.07, 6.45) is 4.94. The van der Waals surface area contributed by atoms with E-state index in [4.69, 9.17) is 5.73 Å². The summed E-state index contributed by atoms with van der Waals surface area (Å²) in [5, 5.41) is 0. The van der Waals surface area contributed by atoms with Gasteiger partial charge in [-0.05, 0) is 65.2 Å². The van der Waals surface area contributed by atoms with Crippen molar-refractivity contribution in [1.29, 1.82) is 0 Å². The standard InChI is InChI=1S/C14H16BrNO/c15-13-7-10(16)3-4-11(13)14(17)12-6-8-1-2-9(12)5-8/h3-4,7-9,12H,1-2,5-6,16H2. The van der Waals surface area contributed by atoms with E-state index in [0.717, 1.165) is 22.4 Å². The third kappa shape index (κ3) is 1.90. The summed E-state index contributed by atoms with van der Waals surface area (Å²) in [6, 6.07) is 5.49. The molecular weight excluding hydrogens is 278 g/mol. The molecule has 0 aromatic heterocycles. The van der Waals surface area contributed by atoms with Crippen LogP contribution < -0.4 is 5.73 Å². The number of carbonyl (C=O) groups is 1. The second-order valence-corrected chi connectivity index (χ2v) is 6.24. The third-order valence-corrected chi connectivity index (χ3v) is 4.99. The first-order valence-electron chi connectivity index (χ1n) is 6.24. The Morgan fingerprint density at radius 3 is 2.71 bits per heavy atom. The Labute approximate surface area is 110 Å². The smallest absolute Gasteiger partial charge is 0.167 e. The molecule has 90 valence electrons. The molecule has 1 aromatic rings. The number of hydrogen-bond donors (Lipinski definition) is 1. The van der Waals surface area contributed by atoms with Crippen molar-refractivity contribution in [3.05, 3.63) is 28.2 Å². The fourth-order valence-corrected chi connectivity index (χ4v) is 4.09. The maximum atomic E-state index is 12.5. The average molecular weight is 294 g/mol. The quantitative estimate of drug-likeness (QED) is 0.668. The van der Waals surface area contributed by atoms with Crippen LogP contribution in [0.5, 0.6) is 0 Å². The van der Waals surface area contributed by atoms with Gasteiger partial charge >= 0.3 is 0 Å². The molecule has 3 atom stereocenters. The first kappa shape index (κ1) is 11.3. The van der Waals surface area contributed by atoms with Crippen molar-refractivity contribution in [3.63, 3.8) is 0 Å². The molecule has 0 aliphatic heterocycles. The number of Topliss-reactive ketones (excluding diaryl/α,β-unsaturated/α-hetero) is 1. The Hall–Kier alpha value is -0.830. The number of benzene rings is 1. The van der Waals surface area contributed by atoms with Crippen LogP contribution in [0.4, 0.5) is 5.69 Å². The summed E-state index contributed by atoms with van der Waals surface area (Å²) in [5.74, 6) is 2.01. The molecule has 0 amide bonds. The van der Waals surface area contributed by atoms with Crippen LogP contribution in [0.15, 0.2) is 22.7 Å². The lowest BCUT2D eigenvalue weighted by molar-refractivity contribution is 0.0874. The van der Waals surface area contributed by atoms with Crippen molar-refractivity contribution < 1.29 is 4.79 Å². The van der Waals surface area contributed by atoms with Crippen LogP contribution in [-0.2, 0) is 0 Å². The van der Waals surface area contributed by atoms with Crippen molar-refractivity contribution in [3.8, 4) is 0 Å². The van der Waals surface area contributed by atoms with Gasteiger partial charge in [-0.2, -0.15) is 0 Å². The highest BCUT2D eigenvalue weighted by atomic mass is 79.9. The number of halogens is 1. The van der Waals surface area contributed by atoms with E-state index in [1.807, 2.05) is 18.2 Å². The van der Waals surface area contributed by atoms with Gasteiger partial charge in [0.15, 0.2) is 5.78 Å². The van der Waals surface area contributed by atoms with Gasteiger partial charge in [0.25, 0.3) is 0 Å². The van der Waals surface area contributed by atoms with Crippen molar-refractivity contribution in [2.75, 3.05) is 5.73 Å². The maximum Gasteiger partial charge on any atom is 0.167 e. The summed E-state index contributed by atoms with van der Waals surface area (Å²) in [7, 11) is 0. The number of hydrogen-bond acceptors (Lipinski definition) is 2. The lowest BCUT2D eigenvalue weighted by Gasteiger charge is -2.20. The molecule has 0 radical (unpaired) electrons. The molecule has 2 aliphatic rings. The molecule has 17 heavy (non-hydrogen) atoms. The molecule has 2 fully saturated rings. The molecule has 2 N–H and O–H groups in total. The van der Waals surface area contributed by atoms with E-state index in [2.05, 4.69) is 15.9 Å². The van der Waals surface area contributed by atoms with E-state index in [-0.39, 0.29) is 5.92 Å². The van der Waals surface area contributed by atoms with E-state index in [1.165, 1.54) is 19.3 Å². The Morgan fingerprint density at radius 2 is 2.12 bits per heavy atom. The van der Waals surface area contributed by atoms with Gasteiger partial charge < -0.3 is 5.73 Å². The Kier molecular flexibility index (Phi) is 2.74. The molecule has 2 nitrogen and oxygen atoms in total. The second-order valence-electron chi connectivity index (χ2n) is 5.38. The van der Waals surface area contributed by atoms with Crippen molar-refractivity contribution in [1.82, 2.24) is 0 Å². The molecular formula is C14H16BrNO. The van der Waals surface area contributed by atoms with Crippen LogP contribution in [0.25, 0.3) is 0 Å². The zero-order valence-electron chi connectivity index (χ0n) is 9.66. The van der Waals surface area contributed by atoms with Gasteiger partial charge in [-0.15, -0.1) is 0 Å². The molecule has 3 heteroatoms. The molecule has 0 heterocycles. The average Bonchev–Trinajstić information content (AvgIpc) is 2.89.